The minimum Gasteiger partial charge on any atom is -0.460 e. The second-order valence-electron chi connectivity index (χ2n) is 6.50. The van der Waals surface area contributed by atoms with Crippen LogP contribution in [0.4, 0.5) is 5.69 Å². The van der Waals surface area contributed by atoms with Crippen LogP contribution in [0.3, 0.4) is 0 Å². The van der Waals surface area contributed by atoms with Crippen molar-refractivity contribution >= 4 is 23.2 Å². The zero-order valence-electron chi connectivity index (χ0n) is 16.6. The van der Waals surface area contributed by atoms with Crippen LogP contribution in [0.1, 0.15) is 11.1 Å². The Morgan fingerprint density at radius 3 is 2.52 bits per heavy atom. The third-order valence-electron chi connectivity index (χ3n) is 4.39. The maximum atomic E-state index is 11.5. The van der Waals surface area contributed by atoms with E-state index in [1.807, 2.05) is 18.2 Å². The summed E-state index contributed by atoms with van der Waals surface area (Å²) in [6.07, 6.45) is 0. The van der Waals surface area contributed by atoms with Crippen LogP contribution >= 0.6 is 11.6 Å². The van der Waals surface area contributed by atoms with Gasteiger partial charge in [0.05, 0.1) is 12.3 Å². The van der Waals surface area contributed by atoms with E-state index >= 15 is 0 Å². The summed E-state index contributed by atoms with van der Waals surface area (Å²) in [6, 6.07) is 13.7. The molecule has 1 N–H and O–H groups in total. The van der Waals surface area contributed by atoms with Gasteiger partial charge in [0.15, 0.2) is 5.82 Å². The highest BCUT2D eigenvalue weighted by Gasteiger charge is 2.15. The van der Waals surface area contributed by atoms with Crippen LogP contribution in [-0.2, 0) is 9.53 Å². The van der Waals surface area contributed by atoms with Crippen LogP contribution in [0.2, 0.25) is 0 Å². The highest BCUT2D eigenvalue weighted by atomic mass is 35.5. The smallest absolute Gasteiger partial charge is 0.336 e. The number of carbonyl (C=O) groups is 1. The number of nitrogens with zero attached hydrogens (tertiary/aromatic N) is 3. The number of methoxy groups -OCH3 is 1. The fraction of sp³-hybridized carbons (Fsp3) is 0.286. The molecule has 0 saturated carbocycles. The molecule has 1 aromatic heterocycles. The Hall–Kier alpha value is -2.90. The molecule has 0 radical (unpaired) electrons. The molecule has 0 bridgehead atoms. The molecule has 8 heteroatoms. The Bertz CT molecular complexity index is 986. The zero-order chi connectivity index (χ0) is 20.8. The number of alkyl halides is 1. The minimum absolute atomic E-state index is 0.0933. The maximum Gasteiger partial charge on any atom is 0.336 e. The monoisotopic (exact) mass is 414 g/mol. The maximum absolute atomic E-state index is 11.5. The summed E-state index contributed by atoms with van der Waals surface area (Å²) in [4.78, 5) is 16.0. The van der Waals surface area contributed by atoms with Gasteiger partial charge in [0.25, 0.3) is 0 Å². The van der Waals surface area contributed by atoms with Crippen molar-refractivity contribution < 1.29 is 14.3 Å². The predicted molar refractivity (Wildman–Crippen MR) is 113 cm³/mol. The van der Waals surface area contributed by atoms with Crippen molar-refractivity contribution in [3.05, 3.63) is 53.6 Å². The lowest BCUT2D eigenvalue weighted by Crippen LogP contribution is -2.12. The SMILES string of the molecule is COCCOc1nc(-c2ccc(C)c(C)c2)n(-c2ccc(NC(=O)CCl)cc2)n1. The summed E-state index contributed by atoms with van der Waals surface area (Å²) in [5.41, 5.74) is 4.75. The molecular formula is C21H23ClN4O3. The molecule has 2 aromatic carbocycles. The highest BCUT2D eigenvalue weighted by molar-refractivity contribution is 6.29. The van der Waals surface area contributed by atoms with E-state index in [0.29, 0.717) is 24.7 Å². The summed E-state index contributed by atoms with van der Waals surface area (Å²) >= 11 is 5.54. The Balaban J connectivity index is 1.97. The Kier molecular flexibility index (Phi) is 6.85. The molecule has 29 heavy (non-hydrogen) atoms. The van der Waals surface area contributed by atoms with Crippen LogP contribution in [0, 0.1) is 13.8 Å². The highest BCUT2D eigenvalue weighted by Crippen LogP contribution is 2.26. The molecule has 0 atom stereocenters. The van der Waals surface area contributed by atoms with Gasteiger partial charge in [-0.15, -0.1) is 16.7 Å². The first-order valence-electron chi connectivity index (χ1n) is 9.14. The standard InChI is InChI=1S/C21H23ClN4O3/c1-14-4-5-16(12-15(14)2)20-24-21(29-11-10-28-3)25-26(20)18-8-6-17(7-9-18)23-19(27)13-22/h4-9,12H,10-11,13H2,1-3H3,(H,23,27). The summed E-state index contributed by atoms with van der Waals surface area (Å²) in [5, 5.41) is 7.22. The molecule has 3 rings (SSSR count). The van der Waals surface area contributed by atoms with Gasteiger partial charge in [-0.1, -0.05) is 12.1 Å². The predicted octanol–water partition coefficient (Wildman–Crippen LogP) is 3.75. The quantitative estimate of drug-likeness (QED) is 0.448. The lowest BCUT2D eigenvalue weighted by Gasteiger charge is -2.09. The van der Waals surface area contributed by atoms with Gasteiger partial charge in [-0.3, -0.25) is 4.79 Å². The largest absolute Gasteiger partial charge is 0.460 e. The number of nitrogens with one attached hydrogen (secondary N) is 1. The normalized spacial score (nSPS) is 10.8. The van der Waals surface area contributed by atoms with Crippen molar-refractivity contribution in [1.29, 1.82) is 0 Å². The van der Waals surface area contributed by atoms with Gasteiger partial charge in [0, 0.05) is 18.4 Å². The number of anilines is 1. The summed E-state index contributed by atoms with van der Waals surface area (Å²) in [7, 11) is 1.61. The lowest BCUT2D eigenvalue weighted by molar-refractivity contribution is -0.113. The Morgan fingerprint density at radius 2 is 1.86 bits per heavy atom. The van der Waals surface area contributed by atoms with E-state index in [0.717, 1.165) is 16.8 Å². The summed E-state index contributed by atoms with van der Waals surface area (Å²) < 4.78 is 12.4. The van der Waals surface area contributed by atoms with Crippen LogP contribution < -0.4 is 10.1 Å². The van der Waals surface area contributed by atoms with Crippen LogP contribution in [0.5, 0.6) is 6.01 Å². The van der Waals surface area contributed by atoms with Crippen molar-refractivity contribution in [2.45, 2.75) is 13.8 Å². The number of rotatable bonds is 8. The Labute approximate surface area is 174 Å². The third kappa shape index (κ3) is 5.13. The molecule has 0 aliphatic heterocycles. The molecule has 3 aromatic rings. The number of halogens is 1. The van der Waals surface area contributed by atoms with Gasteiger partial charge in [0.2, 0.25) is 5.91 Å². The first-order valence-corrected chi connectivity index (χ1v) is 9.68. The second kappa shape index (κ2) is 9.54. The topological polar surface area (TPSA) is 78.3 Å². The van der Waals surface area contributed by atoms with E-state index in [1.54, 1.807) is 23.9 Å². The van der Waals surface area contributed by atoms with Gasteiger partial charge in [-0.2, -0.15) is 4.98 Å². The molecule has 0 fully saturated rings. The van der Waals surface area contributed by atoms with Crippen molar-refractivity contribution in [3.8, 4) is 23.1 Å². The molecule has 1 heterocycles. The van der Waals surface area contributed by atoms with Gasteiger partial charge < -0.3 is 14.8 Å². The third-order valence-corrected chi connectivity index (χ3v) is 4.63. The second-order valence-corrected chi connectivity index (χ2v) is 6.77. The van der Waals surface area contributed by atoms with Crippen LogP contribution in [0.25, 0.3) is 17.1 Å². The molecule has 0 unspecified atom stereocenters. The number of carbonyl (C=O) groups excluding carboxylic acids is 1. The summed E-state index contributed by atoms with van der Waals surface area (Å²) in [5.74, 6) is 0.312. The fourth-order valence-electron chi connectivity index (χ4n) is 2.70. The number of aromatic nitrogens is 3. The first-order chi connectivity index (χ1) is 14.0. The molecule has 0 saturated heterocycles. The molecule has 7 nitrogen and oxygen atoms in total. The van der Waals surface area contributed by atoms with E-state index in [1.165, 1.54) is 5.56 Å². The lowest BCUT2D eigenvalue weighted by atomic mass is 10.1. The number of amides is 1. The van der Waals surface area contributed by atoms with Crippen molar-refractivity contribution in [3.63, 3.8) is 0 Å². The molecule has 152 valence electrons. The molecule has 0 aliphatic carbocycles. The fourth-order valence-corrected chi connectivity index (χ4v) is 2.77. The van der Waals surface area contributed by atoms with Crippen molar-refractivity contribution in [2.75, 3.05) is 31.5 Å². The van der Waals surface area contributed by atoms with E-state index in [-0.39, 0.29) is 17.8 Å². The van der Waals surface area contributed by atoms with Gasteiger partial charge in [-0.25, -0.2) is 4.68 Å². The summed E-state index contributed by atoms with van der Waals surface area (Å²) in [6.45, 7) is 4.93. The molecule has 0 aliphatic rings. The zero-order valence-corrected chi connectivity index (χ0v) is 17.4. The minimum atomic E-state index is -0.259. The van der Waals surface area contributed by atoms with Gasteiger partial charge >= 0.3 is 6.01 Å². The molecular weight excluding hydrogens is 392 g/mol. The van der Waals surface area contributed by atoms with Crippen LogP contribution in [-0.4, -0.2) is 46.9 Å². The number of benzene rings is 2. The van der Waals surface area contributed by atoms with Gasteiger partial charge in [0.1, 0.15) is 12.5 Å². The molecule has 1 amide bonds. The van der Waals surface area contributed by atoms with Crippen molar-refractivity contribution in [1.82, 2.24) is 14.8 Å². The van der Waals surface area contributed by atoms with Gasteiger partial charge in [-0.05, 0) is 55.3 Å². The van der Waals surface area contributed by atoms with E-state index in [2.05, 4.69) is 41.4 Å². The van der Waals surface area contributed by atoms with Crippen LogP contribution in [0.15, 0.2) is 42.5 Å². The van der Waals surface area contributed by atoms with E-state index in [4.69, 9.17) is 21.1 Å². The number of aryl methyl sites for hydroxylation is 2. The number of ether oxygens (including phenoxy) is 2. The Morgan fingerprint density at radius 1 is 1.10 bits per heavy atom. The van der Waals surface area contributed by atoms with Crippen molar-refractivity contribution in [2.24, 2.45) is 0 Å². The number of hydrogen-bond donors (Lipinski definition) is 1. The number of hydrogen-bond acceptors (Lipinski definition) is 5. The van der Waals surface area contributed by atoms with E-state index < -0.39 is 0 Å². The van der Waals surface area contributed by atoms with E-state index in [9.17, 15) is 4.79 Å². The average molecular weight is 415 g/mol. The molecule has 0 spiro atoms. The average Bonchev–Trinajstić information content (AvgIpc) is 3.15. The first kappa shape index (κ1) is 20.8.